The van der Waals surface area contributed by atoms with Crippen molar-refractivity contribution in [1.29, 1.82) is 0 Å². The second-order valence-corrected chi connectivity index (χ2v) is 12.2. The molecule has 0 atom stereocenters. The normalized spacial score (nSPS) is 12.2. The fourth-order valence-corrected chi connectivity index (χ4v) is 8.85. The van der Waals surface area contributed by atoms with Gasteiger partial charge in [0.15, 0.2) is 0 Å². The fourth-order valence-electron chi connectivity index (χ4n) is 3.19. The number of benzene rings is 4. The van der Waals surface area contributed by atoms with Crippen molar-refractivity contribution < 1.29 is 13.2 Å². The third-order valence-electron chi connectivity index (χ3n) is 4.78. The molecule has 0 aromatic heterocycles. The summed E-state index contributed by atoms with van der Waals surface area (Å²) in [5, 5.41) is 2.44. The number of rotatable bonds is 6. The molecule has 0 aliphatic carbocycles. The maximum absolute atomic E-state index is 13.1. The molecule has 160 valence electrons. The number of hydrogen-bond donors (Lipinski definition) is 0. The van der Waals surface area contributed by atoms with Gasteiger partial charge in [-0.2, -0.15) is 0 Å². The van der Waals surface area contributed by atoms with Crippen LogP contribution >= 0.6 is 7.92 Å². The third-order valence-corrected chi connectivity index (χ3v) is 10.6. The van der Waals surface area contributed by atoms with Crippen LogP contribution in [0.15, 0.2) is 121 Å². The first-order valence-electron chi connectivity index (χ1n) is 10.0. The molecule has 4 rings (SSSR count). The molecule has 32 heavy (non-hydrogen) atoms. The van der Waals surface area contributed by atoms with Crippen molar-refractivity contribution in [3.63, 3.8) is 0 Å². The van der Waals surface area contributed by atoms with Gasteiger partial charge >= 0.3 is 198 Å². The Morgan fingerprint density at radius 1 is 0.625 bits per heavy atom. The van der Waals surface area contributed by atoms with Gasteiger partial charge < -0.3 is 0 Å². The predicted octanol–water partition coefficient (Wildman–Crippen LogP) is 6.17. The van der Waals surface area contributed by atoms with Crippen molar-refractivity contribution in [2.75, 3.05) is 0 Å². The zero-order chi connectivity index (χ0) is 22.4. The molecule has 0 saturated carbocycles. The average Bonchev–Trinajstić information content (AvgIpc) is 2.83. The van der Waals surface area contributed by atoms with Crippen molar-refractivity contribution >= 4 is 46.7 Å². The summed E-state index contributed by atoms with van der Waals surface area (Å²) in [6.07, 6.45) is -4.33. The van der Waals surface area contributed by atoms with Crippen molar-refractivity contribution in [3.8, 4) is 0 Å². The minimum absolute atomic E-state index is 0.616. The third kappa shape index (κ3) is 5.90. The van der Waals surface area contributed by atoms with Crippen LogP contribution in [0.2, 0.25) is 0 Å². The molecule has 0 N–H and O–H groups in total. The summed E-state index contributed by atoms with van der Waals surface area (Å²) in [6, 6.07) is 36.5. The predicted molar refractivity (Wildman–Crippen MR) is 130 cm³/mol. The quantitative estimate of drug-likeness (QED) is 0.196. The standard InChI is InChI=1S/C27H20F3PTe/c28-27(29,30)22-18-16-21(17-19-22)26(32-25-14-8-3-9-15-25)20-31(23-10-4-1-5-11-23)24-12-6-2-7-13-24/h1-20H/b26-20+. The molecule has 4 aromatic rings. The van der Waals surface area contributed by atoms with E-state index in [1.54, 1.807) is 12.1 Å². The Bertz CT molecular complexity index is 1120. The summed E-state index contributed by atoms with van der Waals surface area (Å²) in [4.78, 5) is 0. The fraction of sp³-hybridized carbons (Fsp3) is 0.0370. The number of hydrogen-bond acceptors (Lipinski definition) is 0. The van der Waals surface area contributed by atoms with Gasteiger partial charge in [-0.05, 0) is 0 Å². The van der Waals surface area contributed by atoms with Crippen LogP contribution in [0, 0.1) is 0 Å². The second-order valence-electron chi connectivity index (χ2n) is 7.02. The van der Waals surface area contributed by atoms with Gasteiger partial charge in [-0.25, -0.2) is 0 Å². The van der Waals surface area contributed by atoms with E-state index in [-0.39, 0.29) is 0 Å². The Morgan fingerprint density at radius 3 is 1.56 bits per heavy atom. The van der Waals surface area contributed by atoms with E-state index in [2.05, 4.69) is 42.2 Å². The van der Waals surface area contributed by atoms with Gasteiger partial charge in [0.2, 0.25) is 0 Å². The first kappa shape index (κ1) is 22.8. The molecule has 4 aromatic carbocycles. The molecular formula is C27H20F3PTe. The van der Waals surface area contributed by atoms with E-state index in [0.717, 1.165) is 9.18 Å². The molecule has 0 aliphatic rings. The van der Waals surface area contributed by atoms with Crippen molar-refractivity contribution in [2.24, 2.45) is 0 Å². The molecule has 0 amide bonds. The van der Waals surface area contributed by atoms with Crippen LogP contribution < -0.4 is 14.2 Å². The molecular weight excluding hydrogens is 540 g/mol. The zero-order valence-corrected chi connectivity index (χ0v) is 20.3. The molecule has 5 heteroatoms. The average molecular weight is 560 g/mol. The van der Waals surface area contributed by atoms with Gasteiger partial charge in [0.25, 0.3) is 0 Å². The van der Waals surface area contributed by atoms with E-state index >= 15 is 0 Å². The Labute approximate surface area is 197 Å². The minimum atomic E-state index is -4.33. The monoisotopic (exact) mass is 562 g/mol. The molecule has 0 heterocycles. The van der Waals surface area contributed by atoms with E-state index in [4.69, 9.17) is 0 Å². The summed E-state index contributed by atoms with van der Waals surface area (Å²) >= 11 is -0.800. The van der Waals surface area contributed by atoms with Crippen LogP contribution in [0.25, 0.3) is 3.62 Å². The first-order valence-corrected chi connectivity index (χ1v) is 13.8. The van der Waals surface area contributed by atoms with Gasteiger partial charge in [0.05, 0.1) is 0 Å². The molecule has 0 saturated heterocycles. The van der Waals surface area contributed by atoms with E-state index < -0.39 is 40.6 Å². The van der Waals surface area contributed by atoms with E-state index in [1.165, 1.54) is 26.4 Å². The van der Waals surface area contributed by atoms with Crippen molar-refractivity contribution in [3.05, 3.63) is 132 Å². The Morgan fingerprint density at radius 2 is 1.09 bits per heavy atom. The Hall–Kier alpha value is -2.37. The summed E-state index contributed by atoms with van der Waals surface area (Å²) in [6.45, 7) is 0. The Kier molecular flexibility index (Phi) is 7.48. The number of halogens is 3. The molecule has 0 bridgehead atoms. The van der Waals surface area contributed by atoms with Crippen molar-refractivity contribution in [1.82, 2.24) is 0 Å². The van der Waals surface area contributed by atoms with Crippen LogP contribution in [0.1, 0.15) is 11.1 Å². The summed E-state index contributed by atoms with van der Waals surface area (Å²) in [5.74, 6) is 2.30. The van der Waals surface area contributed by atoms with Gasteiger partial charge in [0, 0.05) is 0 Å². The van der Waals surface area contributed by atoms with Crippen LogP contribution in [0.5, 0.6) is 0 Å². The zero-order valence-electron chi connectivity index (χ0n) is 17.0. The van der Waals surface area contributed by atoms with Crippen LogP contribution in [0.4, 0.5) is 13.2 Å². The molecule has 0 radical (unpaired) electrons. The molecule has 0 nitrogen and oxygen atoms in total. The van der Waals surface area contributed by atoms with Gasteiger partial charge in [-0.3, -0.25) is 0 Å². The summed E-state index contributed by atoms with van der Waals surface area (Å²) in [7, 11) is -0.792. The molecule has 0 unspecified atom stereocenters. The Balaban J connectivity index is 1.81. The van der Waals surface area contributed by atoms with Crippen LogP contribution in [0.3, 0.4) is 0 Å². The molecule has 0 spiro atoms. The maximum atomic E-state index is 13.1. The molecule has 0 fully saturated rings. The van der Waals surface area contributed by atoms with Crippen LogP contribution in [-0.2, 0) is 6.18 Å². The van der Waals surface area contributed by atoms with Gasteiger partial charge in [-0.1, -0.05) is 0 Å². The van der Waals surface area contributed by atoms with Gasteiger partial charge in [-0.15, -0.1) is 0 Å². The molecule has 0 aliphatic heterocycles. The first-order chi connectivity index (χ1) is 15.5. The SMILES string of the molecule is FC(F)(F)c1ccc(/C(=C\P(c2ccccc2)c2ccccc2)[Te]c2ccccc2)cc1. The van der Waals surface area contributed by atoms with Gasteiger partial charge in [0.1, 0.15) is 0 Å². The van der Waals surface area contributed by atoms with E-state index in [9.17, 15) is 13.2 Å². The van der Waals surface area contributed by atoms with E-state index in [0.29, 0.717) is 0 Å². The second kappa shape index (κ2) is 10.5. The topological polar surface area (TPSA) is 0 Å². The summed E-state index contributed by atoms with van der Waals surface area (Å²) in [5.41, 5.74) is 0.248. The van der Waals surface area contributed by atoms with Crippen molar-refractivity contribution in [2.45, 2.75) is 6.18 Å². The summed E-state index contributed by atoms with van der Waals surface area (Å²) < 4.78 is 41.7. The van der Waals surface area contributed by atoms with E-state index in [1.807, 2.05) is 54.6 Å². The number of alkyl halides is 3. The van der Waals surface area contributed by atoms with Crippen LogP contribution in [-0.4, -0.2) is 20.9 Å².